The molecular weight excluding hydrogens is 201 g/mol. The van der Waals surface area contributed by atoms with Crippen molar-refractivity contribution in [1.82, 2.24) is 0 Å². The molecule has 0 aliphatic heterocycles. The highest BCUT2D eigenvalue weighted by atomic mass is 31.2. The molecule has 14 heavy (non-hydrogen) atoms. The van der Waals surface area contributed by atoms with E-state index in [0.29, 0.717) is 6.42 Å². The molecule has 0 spiro atoms. The number of hydrogen-bond acceptors (Lipinski definition) is 3. The molecule has 82 valence electrons. The highest BCUT2D eigenvalue weighted by Gasteiger charge is 2.30. The third kappa shape index (κ3) is 3.43. The predicted molar refractivity (Wildman–Crippen MR) is 56.5 cm³/mol. The van der Waals surface area contributed by atoms with Crippen LogP contribution in [0.2, 0.25) is 0 Å². The van der Waals surface area contributed by atoms with E-state index >= 15 is 0 Å². The Balaban J connectivity index is 2.41. The van der Waals surface area contributed by atoms with Gasteiger partial charge in [-0.1, -0.05) is 19.3 Å². The van der Waals surface area contributed by atoms with Crippen LogP contribution in [0.4, 0.5) is 0 Å². The lowest BCUT2D eigenvalue weighted by atomic mass is 10.0. The Morgan fingerprint density at radius 1 is 1.36 bits per heavy atom. The standard InChI is InChI=1S/C9H18NO3P/c11-10-7-4-8-14(12,13)9-5-2-1-3-6-9/h7,9,11H,1-6,8H2,(H,12,13). The van der Waals surface area contributed by atoms with E-state index in [1.165, 1.54) is 12.6 Å². The molecule has 0 aromatic heterocycles. The quantitative estimate of drug-likeness (QED) is 0.330. The highest BCUT2D eigenvalue weighted by molar-refractivity contribution is 7.58. The molecular formula is C9H18NO3P. The van der Waals surface area contributed by atoms with Crippen LogP contribution in [0.5, 0.6) is 0 Å². The summed E-state index contributed by atoms with van der Waals surface area (Å²) in [6, 6.07) is 0. The summed E-state index contributed by atoms with van der Waals surface area (Å²) in [5.74, 6) is 0. The van der Waals surface area contributed by atoms with Crippen molar-refractivity contribution in [2.45, 2.75) is 44.2 Å². The van der Waals surface area contributed by atoms with Crippen molar-refractivity contribution in [1.29, 1.82) is 0 Å². The maximum absolute atomic E-state index is 11.9. The van der Waals surface area contributed by atoms with Gasteiger partial charge >= 0.3 is 0 Å². The molecule has 1 fully saturated rings. The van der Waals surface area contributed by atoms with Crippen molar-refractivity contribution in [2.24, 2.45) is 5.16 Å². The number of rotatable bonds is 4. The minimum Gasteiger partial charge on any atom is -0.411 e. The van der Waals surface area contributed by atoms with E-state index in [9.17, 15) is 9.46 Å². The Morgan fingerprint density at radius 2 is 2.00 bits per heavy atom. The van der Waals surface area contributed by atoms with Crippen LogP contribution in [0.25, 0.3) is 0 Å². The highest BCUT2D eigenvalue weighted by Crippen LogP contribution is 2.52. The van der Waals surface area contributed by atoms with Crippen molar-refractivity contribution < 1.29 is 14.7 Å². The van der Waals surface area contributed by atoms with E-state index in [0.717, 1.165) is 25.7 Å². The van der Waals surface area contributed by atoms with Gasteiger partial charge < -0.3 is 10.1 Å². The van der Waals surface area contributed by atoms with Gasteiger partial charge in [-0.3, -0.25) is 4.57 Å². The molecule has 1 saturated carbocycles. The first-order chi connectivity index (χ1) is 6.67. The van der Waals surface area contributed by atoms with E-state index in [1.54, 1.807) is 0 Å². The van der Waals surface area contributed by atoms with Crippen LogP contribution >= 0.6 is 7.37 Å². The first kappa shape index (κ1) is 11.7. The molecule has 0 amide bonds. The Morgan fingerprint density at radius 3 is 2.57 bits per heavy atom. The van der Waals surface area contributed by atoms with Gasteiger partial charge in [-0.25, -0.2) is 0 Å². The second kappa shape index (κ2) is 5.52. The fourth-order valence-electron chi connectivity index (χ4n) is 1.97. The zero-order valence-electron chi connectivity index (χ0n) is 8.30. The van der Waals surface area contributed by atoms with Crippen LogP contribution in [0.1, 0.15) is 38.5 Å². The lowest BCUT2D eigenvalue weighted by Crippen LogP contribution is -2.14. The van der Waals surface area contributed by atoms with E-state index in [1.807, 2.05) is 0 Å². The van der Waals surface area contributed by atoms with Gasteiger partial charge in [0.1, 0.15) is 0 Å². The van der Waals surface area contributed by atoms with Crippen LogP contribution < -0.4 is 0 Å². The molecule has 4 nitrogen and oxygen atoms in total. The summed E-state index contributed by atoms with van der Waals surface area (Å²) in [7, 11) is -3.00. The van der Waals surface area contributed by atoms with Crippen LogP contribution in [-0.4, -0.2) is 28.1 Å². The van der Waals surface area contributed by atoms with Gasteiger partial charge in [0.2, 0.25) is 7.37 Å². The molecule has 1 aliphatic carbocycles. The third-order valence-electron chi connectivity index (χ3n) is 2.81. The van der Waals surface area contributed by atoms with E-state index in [-0.39, 0.29) is 11.8 Å². The first-order valence-corrected chi connectivity index (χ1v) is 7.05. The zero-order valence-corrected chi connectivity index (χ0v) is 9.20. The van der Waals surface area contributed by atoms with Gasteiger partial charge in [0, 0.05) is 18.0 Å². The molecule has 0 heterocycles. The molecule has 5 heteroatoms. The zero-order chi connectivity index (χ0) is 10.4. The lowest BCUT2D eigenvalue weighted by molar-refractivity contribution is 0.320. The fourth-order valence-corrected chi connectivity index (χ4v) is 3.99. The van der Waals surface area contributed by atoms with Gasteiger partial charge in [0.05, 0.1) is 0 Å². The van der Waals surface area contributed by atoms with E-state index in [4.69, 9.17) is 5.21 Å². The predicted octanol–water partition coefficient (Wildman–Crippen LogP) is 2.44. The van der Waals surface area contributed by atoms with E-state index in [2.05, 4.69) is 5.16 Å². The summed E-state index contributed by atoms with van der Waals surface area (Å²) in [4.78, 5) is 9.78. The first-order valence-electron chi connectivity index (χ1n) is 5.14. The van der Waals surface area contributed by atoms with Gasteiger partial charge in [-0.05, 0) is 19.3 Å². The van der Waals surface area contributed by atoms with Gasteiger partial charge in [0.25, 0.3) is 0 Å². The number of oxime groups is 1. The number of hydrogen-bond donors (Lipinski definition) is 2. The molecule has 0 saturated heterocycles. The summed E-state index contributed by atoms with van der Waals surface area (Å²) >= 11 is 0. The third-order valence-corrected chi connectivity index (χ3v) is 5.36. The van der Waals surface area contributed by atoms with Gasteiger partial charge in [-0.2, -0.15) is 0 Å². The van der Waals surface area contributed by atoms with Crippen molar-refractivity contribution >= 4 is 13.6 Å². The Kier molecular flexibility index (Phi) is 4.63. The molecule has 0 radical (unpaired) electrons. The summed E-state index contributed by atoms with van der Waals surface area (Å²) in [6.45, 7) is 0. The smallest absolute Gasteiger partial charge is 0.203 e. The molecule has 0 bridgehead atoms. The minimum absolute atomic E-state index is 0.0108. The maximum atomic E-state index is 11.9. The normalized spacial score (nSPS) is 23.8. The summed E-state index contributed by atoms with van der Waals surface area (Å²) in [5.41, 5.74) is -0.0108. The van der Waals surface area contributed by atoms with Crippen LogP contribution in [0.3, 0.4) is 0 Å². The van der Waals surface area contributed by atoms with Gasteiger partial charge in [0.15, 0.2) is 0 Å². The maximum Gasteiger partial charge on any atom is 0.203 e. The van der Waals surface area contributed by atoms with Crippen molar-refractivity contribution in [3.63, 3.8) is 0 Å². The largest absolute Gasteiger partial charge is 0.411 e. The van der Waals surface area contributed by atoms with Crippen molar-refractivity contribution in [3.05, 3.63) is 0 Å². The van der Waals surface area contributed by atoms with Crippen LogP contribution in [0, 0.1) is 0 Å². The average Bonchev–Trinajstić information content (AvgIpc) is 2.19. The summed E-state index contributed by atoms with van der Waals surface area (Å²) < 4.78 is 11.9. The minimum atomic E-state index is -3.00. The topological polar surface area (TPSA) is 69.9 Å². The SMILES string of the molecule is O=P(O)(CCC=NO)C1CCCCC1. The monoisotopic (exact) mass is 219 g/mol. The lowest BCUT2D eigenvalue weighted by Gasteiger charge is -2.26. The Bertz CT molecular complexity index is 236. The second-order valence-electron chi connectivity index (χ2n) is 3.86. The molecule has 1 aliphatic rings. The molecule has 0 aromatic rings. The van der Waals surface area contributed by atoms with E-state index < -0.39 is 7.37 Å². The van der Waals surface area contributed by atoms with Crippen LogP contribution in [0.15, 0.2) is 5.16 Å². The molecule has 1 unspecified atom stereocenters. The average molecular weight is 219 g/mol. The Labute approximate surface area is 84.5 Å². The second-order valence-corrected chi connectivity index (χ2v) is 6.55. The molecule has 2 N–H and O–H groups in total. The molecule has 1 rings (SSSR count). The van der Waals surface area contributed by atoms with Crippen molar-refractivity contribution in [2.75, 3.05) is 6.16 Å². The molecule has 0 aromatic carbocycles. The van der Waals surface area contributed by atoms with Crippen LogP contribution in [-0.2, 0) is 4.57 Å². The Hall–Kier alpha value is -0.340. The van der Waals surface area contributed by atoms with Crippen molar-refractivity contribution in [3.8, 4) is 0 Å². The summed E-state index contributed by atoms with van der Waals surface area (Å²) in [6.07, 6.45) is 7.02. The summed E-state index contributed by atoms with van der Waals surface area (Å²) in [5, 5.41) is 11.0. The molecule has 1 atom stereocenters. The van der Waals surface area contributed by atoms with Gasteiger partial charge in [-0.15, -0.1) is 5.16 Å². The number of nitrogens with zero attached hydrogens (tertiary/aromatic N) is 1. The fraction of sp³-hybridized carbons (Fsp3) is 0.889.